The maximum absolute atomic E-state index is 8.82. The largest absolute Gasteiger partial charge is 0.357 e. The molecule has 16 heavy (non-hydrogen) atoms. The molecule has 82 valence electrons. The van der Waals surface area contributed by atoms with E-state index in [1.807, 2.05) is 13.0 Å². The number of hydrogen-bond donors (Lipinski definition) is 0. The highest BCUT2D eigenvalue weighted by Crippen LogP contribution is 2.25. The lowest BCUT2D eigenvalue weighted by molar-refractivity contribution is 0.710. The van der Waals surface area contributed by atoms with Crippen molar-refractivity contribution in [3.05, 3.63) is 22.8 Å². The number of aromatic nitrogens is 1. The van der Waals surface area contributed by atoms with Crippen LogP contribution in [-0.4, -0.2) is 18.6 Å². The molecule has 1 atom stereocenters. The first kappa shape index (κ1) is 12.3. The van der Waals surface area contributed by atoms with E-state index in [1.165, 1.54) is 6.20 Å². The Morgan fingerprint density at radius 2 is 2.25 bits per heavy atom. The van der Waals surface area contributed by atoms with Gasteiger partial charge in [0.05, 0.1) is 17.6 Å². The number of pyridine rings is 1. The summed E-state index contributed by atoms with van der Waals surface area (Å²) in [5, 5.41) is 17.9. The molecule has 1 aromatic rings. The SMILES string of the molecule is CC(C#N)CN(C)c1nccc(C#N)c1Cl. The van der Waals surface area contributed by atoms with E-state index in [0.717, 1.165) is 0 Å². The third-order valence-electron chi connectivity index (χ3n) is 2.12. The fourth-order valence-corrected chi connectivity index (χ4v) is 1.62. The van der Waals surface area contributed by atoms with E-state index < -0.39 is 0 Å². The van der Waals surface area contributed by atoms with Gasteiger partial charge in [0, 0.05) is 19.8 Å². The average Bonchev–Trinajstić information content (AvgIpc) is 2.29. The van der Waals surface area contributed by atoms with Gasteiger partial charge in [0.25, 0.3) is 0 Å². The molecule has 0 aliphatic rings. The van der Waals surface area contributed by atoms with E-state index >= 15 is 0 Å². The Labute approximate surface area is 99.7 Å². The van der Waals surface area contributed by atoms with E-state index in [-0.39, 0.29) is 5.92 Å². The smallest absolute Gasteiger partial charge is 0.148 e. The van der Waals surface area contributed by atoms with Crippen LogP contribution < -0.4 is 4.90 Å². The summed E-state index contributed by atoms with van der Waals surface area (Å²) in [7, 11) is 1.79. The second-order valence-electron chi connectivity index (χ2n) is 3.52. The van der Waals surface area contributed by atoms with Gasteiger partial charge in [-0.3, -0.25) is 0 Å². The van der Waals surface area contributed by atoms with Crippen molar-refractivity contribution in [3.8, 4) is 12.1 Å². The first-order valence-electron chi connectivity index (χ1n) is 4.75. The van der Waals surface area contributed by atoms with E-state index in [2.05, 4.69) is 11.1 Å². The Balaban J connectivity index is 2.97. The Kier molecular flexibility index (Phi) is 4.10. The summed E-state index contributed by atoms with van der Waals surface area (Å²) in [4.78, 5) is 5.88. The molecular weight excluding hydrogens is 224 g/mol. The van der Waals surface area contributed by atoms with Gasteiger partial charge in [0.1, 0.15) is 16.9 Å². The zero-order valence-electron chi connectivity index (χ0n) is 9.11. The summed E-state index contributed by atoms with van der Waals surface area (Å²) >= 11 is 6.02. The van der Waals surface area contributed by atoms with Crippen LogP contribution >= 0.6 is 11.6 Å². The third-order valence-corrected chi connectivity index (χ3v) is 2.49. The highest BCUT2D eigenvalue weighted by atomic mass is 35.5. The highest BCUT2D eigenvalue weighted by molar-refractivity contribution is 6.34. The fraction of sp³-hybridized carbons (Fsp3) is 0.364. The van der Waals surface area contributed by atoms with Gasteiger partial charge in [-0.15, -0.1) is 0 Å². The van der Waals surface area contributed by atoms with Crippen LogP contribution in [0.3, 0.4) is 0 Å². The number of nitrogens with zero attached hydrogens (tertiary/aromatic N) is 4. The van der Waals surface area contributed by atoms with Crippen LogP contribution in [0.5, 0.6) is 0 Å². The molecule has 1 heterocycles. The summed E-state index contributed by atoms with van der Waals surface area (Å²) in [5.74, 6) is 0.413. The molecule has 0 aliphatic carbocycles. The summed E-state index contributed by atoms with van der Waals surface area (Å²) in [6.45, 7) is 2.34. The van der Waals surface area contributed by atoms with Crippen LogP contribution in [0, 0.1) is 28.6 Å². The minimum atomic E-state index is -0.117. The Hall–Kier alpha value is -1.78. The quantitative estimate of drug-likeness (QED) is 0.804. The van der Waals surface area contributed by atoms with Gasteiger partial charge in [0.15, 0.2) is 0 Å². The lowest BCUT2D eigenvalue weighted by Crippen LogP contribution is -2.24. The van der Waals surface area contributed by atoms with Gasteiger partial charge in [-0.05, 0) is 13.0 Å². The van der Waals surface area contributed by atoms with Gasteiger partial charge in [-0.2, -0.15) is 10.5 Å². The van der Waals surface area contributed by atoms with Gasteiger partial charge >= 0.3 is 0 Å². The van der Waals surface area contributed by atoms with Crippen molar-refractivity contribution in [2.75, 3.05) is 18.5 Å². The maximum atomic E-state index is 8.82. The molecule has 0 amide bonds. The van der Waals surface area contributed by atoms with E-state index in [9.17, 15) is 0 Å². The number of anilines is 1. The molecule has 1 unspecified atom stereocenters. The maximum Gasteiger partial charge on any atom is 0.148 e. The minimum absolute atomic E-state index is 0.117. The van der Waals surface area contributed by atoms with Crippen molar-refractivity contribution >= 4 is 17.4 Å². The first-order chi connectivity index (χ1) is 7.60. The normalized spacial score (nSPS) is 11.3. The van der Waals surface area contributed by atoms with Crippen LogP contribution in [0.2, 0.25) is 5.02 Å². The number of hydrogen-bond acceptors (Lipinski definition) is 4. The Morgan fingerprint density at radius 3 is 2.81 bits per heavy atom. The second-order valence-corrected chi connectivity index (χ2v) is 3.90. The molecule has 0 aromatic carbocycles. The lowest BCUT2D eigenvalue weighted by atomic mass is 10.2. The average molecular weight is 235 g/mol. The molecule has 0 spiro atoms. The highest BCUT2D eigenvalue weighted by Gasteiger charge is 2.13. The Morgan fingerprint density at radius 1 is 1.56 bits per heavy atom. The second kappa shape index (κ2) is 5.34. The topological polar surface area (TPSA) is 63.7 Å². The molecule has 1 rings (SSSR count). The molecule has 0 saturated heterocycles. The molecular formula is C11H11ClN4. The number of nitriles is 2. The zero-order valence-corrected chi connectivity index (χ0v) is 9.86. The van der Waals surface area contributed by atoms with Crippen molar-refractivity contribution in [3.63, 3.8) is 0 Å². The molecule has 5 heteroatoms. The van der Waals surface area contributed by atoms with Crippen molar-refractivity contribution in [1.82, 2.24) is 4.98 Å². The van der Waals surface area contributed by atoms with Crippen LogP contribution in [0.25, 0.3) is 0 Å². The molecule has 1 aromatic heterocycles. The van der Waals surface area contributed by atoms with Crippen molar-refractivity contribution < 1.29 is 0 Å². The van der Waals surface area contributed by atoms with Crippen molar-refractivity contribution in [2.24, 2.45) is 5.92 Å². The summed E-state index contributed by atoms with van der Waals surface area (Å²) in [6.07, 6.45) is 1.54. The van der Waals surface area contributed by atoms with Gasteiger partial charge in [-0.1, -0.05) is 11.6 Å². The summed E-state index contributed by atoms with van der Waals surface area (Å²) in [5.41, 5.74) is 0.392. The molecule has 0 fully saturated rings. The minimum Gasteiger partial charge on any atom is -0.357 e. The van der Waals surface area contributed by atoms with Gasteiger partial charge in [0.2, 0.25) is 0 Å². The predicted octanol–water partition coefficient (Wildman–Crippen LogP) is 2.20. The zero-order chi connectivity index (χ0) is 12.1. The van der Waals surface area contributed by atoms with Gasteiger partial charge in [-0.25, -0.2) is 4.98 Å². The molecule has 4 nitrogen and oxygen atoms in total. The molecule has 0 radical (unpaired) electrons. The molecule has 0 N–H and O–H groups in total. The van der Waals surface area contributed by atoms with Crippen LogP contribution in [-0.2, 0) is 0 Å². The lowest BCUT2D eigenvalue weighted by Gasteiger charge is -2.20. The number of rotatable bonds is 3. The van der Waals surface area contributed by atoms with Crippen LogP contribution in [0.1, 0.15) is 12.5 Å². The molecule has 0 bridgehead atoms. The van der Waals surface area contributed by atoms with Crippen LogP contribution in [0.4, 0.5) is 5.82 Å². The van der Waals surface area contributed by atoms with E-state index in [1.54, 1.807) is 18.0 Å². The predicted molar refractivity (Wildman–Crippen MR) is 62.0 cm³/mol. The fourth-order valence-electron chi connectivity index (χ4n) is 1.32. The van der Waals surface area contributed by atoms with Gasteiger partial charge < -0.3 is 4.90 Å². The van der Waals surface area contributed by atoms with Crippen molar-refractivity contribution in [2.45, 2.75) is 6.92 Å². The van der Waals surface area contributed by atoms with Crippen LogP contribution in [0.15, 0.2) is 12.3 Å². The summed E-state index contributed by atoms with van der Waals surface area (Å²) < 4.78 is 0. The molecule has 0 aliphatic heterocycles. The van der Waals surface area contributed by atoms with E-state index in [4.69, 9.17) is 22.1 Å². The number of halogens is 1. The Bertz CT molecular complexity index is 458. The molecule has 0 saturated carbocycles. The third kappa shape index (κ3) is 2.62. The first-order valence-corrected chi connectivity index (χ1v) is 5.13. The standard InChI is InChI=1S/C11H11ClN4/c1-8(5-13)7-16(2)11-10(12)9(6-14)3-4-15-11/h3-4,8H,7H2,1-2H3. The monoisotopic (exact) mass is 234 g/mol. The summed E-state index contributed by atoms with van der Waals surface area (Å²) in [6, 6.07) is 5.69. The van der Waals surface area contributed by atoms with E-state index in [0.29, 0.717) is 22.9 Å². The van der Waals surface area contributed by atoms with Crippen molar-refractivity contribution in [1.29, 1.82) is 10.5 Å².